The van der Waals surface area contributed by atoms with Gasteiger partial charge >= 0.3 is 0 Å². The Bertz CT molecular complexity index is 905. The lowest BCUT2D eigenvalue weighted by Gasteiger charge is -2.08. The van der Waals surface area contributed by atoms with Crippen molar-refractivity contribution in [1.82, 2.24) is 14.8 Å². The van der Waals surface area contributed by atoms with Gasteiger partial charge in [-0.2, -0.15) is 0 Å². The van der Waals surface area contributed by atoms with Gasteiger partial charge in [0, 0.05) is 33.1 Å². The fourth-order valence-electron chi connectivity index (χ4n) is 2.58. The number of aryl methyl sites for hydroxylation is 1. The van der Waals surface area contributed by atoms with Gasteiger partial charge in [-0.15, -0.1) is 21.5 Å². The Labute approximate surface area is 172 Å². The van der Waals surface area contributed by atoms with Crippen LogP contribution in [0.5, 0.6) is 0 Å². The van der Waals surface area contributed by atoms with Crippen LogP contribution in [0.3, 0.4) is 0 Å². The minimum absolute atomic E-state index is 0.0845. The third kappa shape index (κ3) is 5.12. The first-order valence-electron chi connectivity index (χ1n) is 8.80. The summed E-state index contributed by atoms with van der Waals surface area (Å²) in [5.74, 6) is 1.06. The molecule has 0 spiro atoms. The van der Waals surface area contributed by atoms with Gasteiger partial charge in [0.15, 0.2) is 11.0 Å². The van der Waals surface area contributed by atoms with E-state index in [1.807, 2.05) is 0 Å². The Kier molecular flexibility index (Phi) is 6.93. The van der Waals surface area contributed by atoms with Gasteiger partial charge in [0.2, 0.25) is 5.91 Å². The summed E-state index contributed by atoms with van der Waals surface area (Å²) in [5.41, 5.74) is 1.82. The summed E-state index contributed by atoms with van der Waals surface area (Å²) >= 11 is 9.01. The van der Waals surface area contributed by atoms with E-state index in [0.29, 0.717) is 5.02 Å². The number of nitrogens with zero attached hydrogens (tertiary/aromatic N) is 3. The number of hydrogen-bond acceptors (Lipinski definition) is 5. The van der Waals surface area contributed by atoms with Gasteiger partial charge in [0.1, 0.15) is 0 Å². The van der Waals surface area contributed by atoms with Gasteiger partial charge in [0.25, 0.3) is 0 Å². The van der Waals surface area contributed by atoms with Crippen molar-refractivity contribution in [3.05, 3.63) is 45.6 Å². The number of thiophene rings is 1. The third-order valence-corrected chi connectivity index (χ3v) is 6.18. The lowest BCUT2D eigenvalue weighted by atomic mass is 10.2. The molecule has 1 amide bonds. The summed E-state index contributed by atoms with van der Waals surface area (Å²) < 4.78 is 2.10. The smallest absolute Gasteiger partial charge is 0.234 e. The van der Waals surface area contributed by atoms with E-state index in [1.54, 1.807) is 35.6 Å². The van der Waals surface area contributed by atoms with Gasteiger partial charge in [-0.1, -0.05) is 37.2 Å². The number of thioether (sulfide) groups is 1. The van der Waals surface area contributed by atoms with Crippen molar-refractivity contribution in [3.8, 4) is 11.4 Å². The molecule has 0 aliphatic heterocycles. The van der Waals surface area contributed by atoms with E-state index in [2.05, 4.69) is 45.4 Å². The zero-order valence-corrected chi connectivity index (χ0v) is 17.6. The van der Waals surface area contributed by atoms with E-state index in [4.69, 9.17) is 11.6 Å². The van der Waals surface area contributed by atoms with Crippen molar-refractivity contribution < 1.29 is 4.79 Å². The summed E-state index contributed by atoms with van der Waals surface area (Å²) in [5, 5.41) is 15.1. The monoisotopic (exact) mass is 420 g/mol. The van der Waals surface area contributed by atoms with Crippen molar-refractivity contribution in [3.63, 3.8) is 0 Å². The predicted molar refractivity (Wildman–Crippen MR) is 114 cm³/mol. The maximum Gasteiger partial charge on any atom is 0.234 e. The molecular formula is C19H21ClN4OS2. The Morgan fingerprint density at radius 3 is 2.70 bits per heavy atom. The van der Waals surface area contributed by atoms with Crippen molar-refractivity contribution in [1.29, 1.82) is 0 Å². The molecule has 0 radical (unpaired) electrons. The highest BCUT2D eigenvalue weighted by Crippen LogP contribution is 2.28. The minimum atomic E-state index is -0.0845. The summed E-state index contributed by atoms with van der Waals surface area (Å²) in [7, 11) is 0. The van der Waals surface area contributed by atoms with Gasteiger partial charge < -0.3 is 9.88 Å². The molecule has 5 nitrogen and oxygen atoms in total. The van der Waals surface area contributed by atoms with E-state index < -0.39 is 0 Å². The summed E-state index contributed by atoms with van der Waals surface area (Å²) in [6, 6.07) is 9.23. The van der Waals surface area contributed by atoms with Crippen LogP contribution in [-0.4, -0.2) is 26.4 Å². The molecule has 1 aromatic carbocycles. The van der Waals surface area contributed by atoms with Crippen LogP contribution in [0.25, 0.3) is 11.4 Å². The molecule has 1 N–H and O–H groups in total. The summed E-state index contributed by atoms with van der Waals surface area (Å²) in [6.07, 6.45) is 1.99. The first kappa shape index (κ1) is 19.9. The number of hydrogen-bond donors (Lipinski definition) is 1. The topological polar surface area (TPSA) is 59.8 Å². The maximum atomic E-state index is 12.2. The van der Waals surface area contributed by atoms with E-state index in [0.717, 1.165) is 41.6 Å². The van der Waals surface area contributed by atoms with Crippen LogP contribution >= 0.6 is 34.7 Å². The molecular weight excluding hydrogens is 400 g/mol. The number of carbonyl (C=O) groups excluding carboxylic acids is 1. The summed E-state index contributed by atoms with van der Waals surface area (Å²) in [6.45, 7) is 5.09. The lowest BCUT2D eigenvalue weighted by molar-refractivity contribution is -0.113. The molecule has 0 fully saturated rings. The van der Waals surface area contributed by atoms with Crippen molar-refractivity contribution >= 4 is 46.3 Å². The summed E-state index contributed by atoms with van der Waals surface area (Å²) in [4.78, 5) is 13.6. The molecule has 3 rings (SSSR count). The fraction of sp³-hybridized carbons (Fsp3) is 0.316. The molecule has 3 aromatic rings. The van der Waals surface area contributed by atoms with Crippen LogP contribution in [0.2, 0.25) is 5.02 Å². The number of carbonyl (C=O) groups is 1. The average Bonchev–Trinajstić information content (AvgIpc) is 3.29. The molecule has 142 valence electrons. The lowest BCUT2D eigenvalue weighted by Crippen LogP contribution is -2.14. The number of amides is 1. The maximum absolute atomic E-state index is 12.2. The second-order valence-electron chi connectivity index (χ2n) is 5.96. The van der Waals surface area contributed by atoms with Crippen LogP contribution in [-0.2, 0) is 17.8 Å². The van der Waals surface area contributed by atoms with Crippen LogP contribution in [0.15, 0.2) is 40.9 Å². The molecule has 0 saturated carbocycles. The first-order chi connectivity index (χ1) is 13.1. The van der Waals surface area contributed by atoms with Crippen LogP contribution in [0.1, 0.15) is 25.1 Å². The highest BCUT2D eigenvalue weighted by molar-refractivity contribution is 7.99. The highest BCUT2D eigenvalue weighted by Gasteiger charge is 2.16. The van der Waals surface area contributed by atoms with Gasteiger partial charge in [-0.25, -0.2) is 0 Å². The Morgan fingerprint density at radius 1 is 1.26 bits per heavy atom. The largest absolute Gasteiger partial charge is 0.325 e. The Balaban J connectivity index is 1.69. The van der Waals surface area contributed by atoms with Crippen LogP contribution < -0.4 is 5.32 Å². The Morgan fingerprint density at radius 2 is 2.04 bits per heavy atom. The molecule has 0 aliphatic rings. The first-order valence-corrected chi connectivity index (χ1v) is 11.0. The van der Waals surface area contributed by atoms with Gasteiger partial charge in [-0.3, -0.25) is 4.79 Å². The quantitative estimate of drug-likeness (QED) is 0.498. The molecule has 2 aromatic heterocycles. The number of benzene rings is 1. The third-order valence-electron chi connectivity index (χ3n) is 3.88. The van der Waals surface area contributed by atoms with Crippen LogP contribution in [0, 0.1) is 0 Å². The number of halogens is 1. The number of rotatable bonds is 8. The van der Waals surface area contributed by atoms with Gasteiger partial charge in [0.05, 0.1) is 5.75 Å². The average molecular weight is 421 g/mol. The number of nitrogens with one attached hydrogen (secondary N) is 1. The standard InChI is InChI=1S/C19H21ClN4OS2/c1-3-9-24-18(13-10-16(4-2)26-11-13)22-23-19(24)27-12-17(25)21-15-7-5-14(20)6-8-15/h5-8,10-11H,3-4,9,12H2,1-2H3,(H,21,25). The molecule has 2 heterocycles. The predicted octanol–water partition coefficient (Wildman–Crippen LogP) is 5.36. The van der Waals surface area contributed by atoms with E-state index >= 15 is 0 Å². The Hall–Kier alpha value is -1.83. The van der Waals surface area contributed by atoms with Gasteiger partial charge in [-0.05, 0) is 43.2 Å². The zero-order valence-electron chi connectivity index (χ0n) is 15.2. The van der Waals surface area contributed by atoms with E-state index in [1.165, 1.54) is 16.6 Å². The SMILES string of the molecule is CCCn1c(SCC(=O)Nc2ccc(Cl)cc2)nnc1-c1csc(CC)c1. The molecule has 0 bridgehead atoms. The zero-order chi connectivity index (χ0) is 19.2. The number of anilines is 1. The second kappa shape index (κ2) is 9.39. The van der Waals surface area contributed by atoms with Crippen LogP contribution in [0.4, 0.5) is 5.69 Å². The molecule has 0 unspecified atom stereocenters. The molecule has 0 aliphatic carbocycles. The van der Waals surface area contributed by atoms with E-state index in [9.17, 15) is 4.79 Å². The molecule has 0 atom stereocenters. The fourth-order valence-corrected chi connectivity index (χ4v) is 4.28. The number of aromatic nitrogens is 3. The normalized spacial score (nSPS) is 10.9. The minimum Gasteiger partial charge on any atom is -0.325 e. The molecule has 27 heavy (non-hydrogen) atoms. The highest BCUT2D eigenvalue weighted by atomic mass is 35.5. The second-order valence-corrected chi connectivity index (χ2v) is 8.33. The van der Waals surface area contributed by atoms with Crippen molar-refractivity contribution in [2.75, 3.05) is 11.1 Å². The molecule has 0 saturated heterocycles. The molecule has 8 heteroatoms. The van der Waals surface area contributed by atoms with Crippen molar-refractivity contribution in [2.45, 2.75) is 38.4 Å². The van der Waals surface area contributed by atoms with E-state index in [-0.39, 0.29) is 11.7 Å². The van der Waals surface area contributed by atoms with Crippen molar-refractivity contribution in [2.24, 2.45) is 0 Å².